The molecule has 0 unspecified atom stereocenters. The number of para-hydroxylation sites is 5. The summed E-state index contributed by atoms with van der Waals surface area (Å²) in [7, 11) is 0. The Kier molecular flexibility index (Phi) is 5.40. The highest BCUT2D eigenvalue weighted by Crippen LogP contribution is 2.47. The topological polar surface area (TPSA) is 31.9 Å². The fourth-order valence-electron chi connectivity index (χ4n) is 7.59. The van der Waals surface area contributed by atoms with E-state index < -0.39 is 0 Å². The Morgan fingerprint density at radius 3 is 1.66 bits per heavy atom. The molecule has 47 heavy (non-hydrogen) atoms. The van der Waals surface area contributed by atoms with Gasteiger partial charge in [0.1, 0.15) is 0 Å². The third kappa shape index (κ3) is 3.67. The van der Waals surface area contributed by atoms with Crippen molar-refractivity contribution in [1.82, 2.24) is 13.7 Å². The molecule has 0 aliphatic carbocycles. The van der Waals surface area contributed by atoms with Gasteiger partial charge in [0.2, 0.25) is 0 Å². The Morgan fingerprint density at radius 1 is 0.362 bits per heavy atom. The maximum atomic E-state index is 13.9. The summed E-state index contributed by atoms with van der Waals surface area (Å²) in [6, 6.07) is 57.1. The number of hydrogen-bond donors (Lipinski definition) is 0. The van der Waals surface area contributed by atoms with Gasteiger partial charge in [0.25, 0.3) is 0 Å². The van der Waals surface area contributed by atoms with Gasteiger partial charge in [-0.15, -0.1) is 0 Å². The summed E-state index contributed by atoms with van der Waals surface area (Å²) in [4.78, 5) is 13.9. The van der Waals surface area contributed by atoms with Crippen LogP contribution in [0.1, 0.15) is 0 Å². The van der Waals surface area contributed by atoms with Gasteiger partial charge in [-0.1, -0.05) is 109 Å². The summed E-state index contributed by atoms with van der Waals surface area (Å²) >= 11 is 0. The molecule has 10 rings (SSSR count). The lowest BCUT2D eigenvalue weighted by atomic mass is 9.92. The second-order valence-electron chi connectivity index (χ2n) is 12.2. The number of rotatable bonds is 3. The first-order valence-corrected chi connectivity index (χ1v) is 15.9. The fourth-order valence-corrected chi connectivity index (χ4v) is 7.59. The molecular weight excluding hydrogens is 574 g/mol. The zero-order chi connectivity index (χ0) is 31.1. The van der Waals surface area contributed by atoms with Gasteiger partial charge in [-0.25, -0.2) is 4.79 Å². The molecule has 4 nitrogen and oxygen atoms in total. The zero-order valence-corrected chi connectivity index (χ0v) is 25.3. The molecule has 0 N–H and O–H groups in total. The molecule has 1 aliphatic rings. The van der Waals surface area contributed by atoms with E-state index in [1.807, 2.05) is 54.6 Å². The number of fused-ring (bicyclic) bond motifs is 9. The Balaban J connectivity index is 1.14. The highest BCUT2D eigenvalue weighted by molar-refractivity contribution is 6.16. The standard InChI is InChI=1S/C43H27N3O/c47-43-44(30-11-2-1-3-12-30)40-19-8-9-20-41(40)45(43)31-24-21-28(22-25-31)29-23-26-39-37(27-29)33-14-5-4-13-32(33)35-16-10-17-36-34-15-6-7-18-38(34)46(39)42(35)36/h1-27H. The third-order valence-electron chi connectivity index (χ3n) is 9.66. The van der Waals surface area contributed by atoms with Crippen LogP contribution in [-0.4, -0.2) is 13.7 Å². The van der Waals surface area contributed by atoms with Crippen molar-refractivity contribution >= 4 is 32.8 Å². The van der Waals surface area contributed by atoms with Crippen LogP contribution in [0.2, 0.25) is 0 Å². The molecule has 0 spiro atoms. The van der Waals surface area contributed by atoms with Gasteiger partial charge in [0.05, 0.1) is 39.1 Å². The van der Waals surface area contributed by atoms with Gasteiger partial charge >= 0.3 is 5.69 Å². The number of imidazole rings is 1. The average molecular weight is 602 g/mol. The van der Waals surface area contributed by atoms with Gasteiger partial charge in [0, 0.05) is 21.9 Å². The predicted octanol–water partition coefficient (Wildman–Crippen LogP) is 10.2. The second kappa shape index (κ2) is 9.80. The van der Waals surface area contributed by atoms with E-state index in [1.165, 1.54) is 49.7 Å². The highest BCUT2D eigenvalue weighted by atomic mass is 16.1. The van der Waals surface area contributed by atoms with Crippen molar-refractivity contribution in [2.45, 2.75) is 0 Å². The Labute approximate surface area is 270 Å². The van der Waals surface area contributed by atoms with E-state index in [0.29, 0.717) is 0 Å². The molecule has 0 saturated carbocycles. The maximum Gasteiger partial charge on any atom is 0.338 e. The molecule has 4 heteroatoms. The number of hydrogen-bond acceptors (Lipinski definition) is 1. The van der Waals surface area contributed by atoms with E-state index in [4.69, 9.17) is 0 Å². The number of nitrogens with zero attached hydrogens (tertiary/aromatic N) is 3. The molecule has 3 heterocycles. The summed E-state index contributed by atoms with van der Waals surface area (Å²) in [5.74, 6) is 0. The highest BCUT2D eigenvalue weighted by Gasteiger charge is 2.24. The lowest BCUT2D eigenvalue weighted by Crippen LogP contribution is -2.22. The number of benzene rings is 7. The number of aromatic nitrogens is 3. The molecular formula is C43H27N3O. The minimum Gasteiger partial charge on any atom is -0.308 e. The molecule has 0 amide bonds. The van der Waals surface area contributed by atoms with Crippen LogP contribution in [0.15, 0.2) is 169 Å². The fraction of sp³-hybridized carbons (Fsp3) is 0. The van der Waals surface area contributed by atoms with E-state index in [9.17, 15) is 4.79 Å². The molecule has 1 aliphatic heterocycles. The maximum absolute atomic E-state index is 13.9. The van der Waals surface area contributed by atoms with Crippen molar-refractivity contribution in [2.24, 2.45) is 0 Å². The Morgan fingerprint density at radius 2 is 0.915 bits per heavy atom. The third-order valence-corrected chi connectivity index (χ3v) is 9.66. The van der Waals surface area contributed by atoms with Gasteiger partial charge < -0.3 is 4.57 Å². The molecule has 0 radical (unpaired) electrons. The predicted molar refractivity (Wildman–Crippen MR) is 193 cm³/mol. The van der Waals surface area contributed by atoms with Crippen molar-refractivity contribution in [3.63, 3.8) is 0 Å². The van der Waals surface area contributed by atoms with Crippen molar-refractivity contribution in [2.75, 3.05) is 0 Å². The molecule has 0 atom stereocenters. The van der Waals surface area contributed by atoms with Crippen molar-refractivity contribution in [1.29, 1.82) is 0 Å². The van der Waals surface area contributed by atoms with Crippen molar-refractivity contribution in [3.8, 4) is 50.4 Å². The van der Waals surface area contributed by atoms with Gasteiger partial charge in [-0.05, 0) is 76.9 Å². The van der Waals surface area contributed by atoms with Crippen LogP contribution < -0.4 is 5.69 Å². The van der Waals surface area contributed by atoms with Crippen LogP contribution in [0.3, 0.4) is 0 Å². The first-order chi connectivity index (χ1) is 23.3. The van der Waals surface area contributed by atoms with E-state index in [1.54, 1.807) is 9.13 Å². The summed E-state index contributed by atoms with van der Waals surface area (Å²) in [6.45, 7) is 0. The minimum absolute atomic E-state index is 0.0865. The lowest BCUT2D eigenvalue weighted by molar-refractivity contribution is 0.931. The van der Waals surface area contributed by atoms with Crippen LogP contribution in [0, 0.1) is 0 Å². The molecule has 220 valence electrons. The summed E-state index contributed by atoms with van der Waals surface area (Å²) in [5, 5.41) is 2.53. The SMILES string of the molecule is O=c1n(-c2ccccc2)c2ccccc2n1-c1ccc(-c2ccc3c(c2)-c2ccccc2-c2cccc4c5ccccc5n-3c24)cc1. The largest absolute Gasteiger partial charge is 0.338 e. The smallest absolute Gasteiger partial charge is 0.308 e. The molecule has 9 aromatic rings. The first-order valence-electron chi connectivity index (χ1n) is 15.9. The molecule has 0 saturated heterocycles. The normalized spacial score (nSPS) is 11.9. The van der Waals surface area contributed by atoms with Gasteiger partial charge in [-0.2, -0.15) is 0 Å². The van der Waals surface area contributed by atoms with Gasteiger partial charge in [0.15, 0.2) is 0 Å². The van der Waals surface area contributed by atoms with E-state index >= 15 is 0 Å². The van der Waals surface area contributed by atoms with Crippen LogP contribution in [-0.2, 0) is 0 Å². The van der Waals surface area contributed by atoms with Crippen LogP contribution in [0.25, 0.3) is 83.3 Å². The van der Waals surface area contributed by atoms with E-state index in [-0.39, 0.29) is 5.69 Å². The lowest BCUT2D eigenvalue weighted by Gasteiger charge is -2.15. The minimum atomic E-state index is -0.0865. The Bertz CT molecular complexity index is 2740. The summed E-state index contributed by atoms with van der Waals surface area (Å²) in [6.07, 6.45) is 0. The van der Waals surface area contributed by atoms with Gasteiger partial charge in [-0.3, -0.25) is 9.13 Å². The second-order valence-corrected chi connectivity index (χ2v) is 12.2. The molecule has 7 aromatic carbocycles. The van der Waals surface area contributed by atoms with Crippen LogP contribution in [0.5, 0.6) is 0 Å². The van der Waals surface area contributed by atoms with Crippen LogP contribution >= 0.6 is 0 Å². The zero-order valence-electron chi connectivity index (χ0n) is 25.3. The van der Waals surface area contributed by atoms with E-state index in [0.717, 1.165) is 33.5 Å². The molecule has 2 aromatic heterocycles. The van der Waals surface area contributed by atoms with Crippen molar-refractivity contribution in [3.05, 3.63) is 174 Å². The first kappa shape index (κ1) is 25.9. The monoisotopic (exact) mass is 601 g/mol. The Hall–Kier alpha value is -6.39. The molecule has 0 fully saturated rings. The summed E-state index contributed by atoms with van der Waals surface area (Å²) < 4.78 is 6.03. The van der Waals surface area contributed by atoms with Crippen LogP contribution in [0.4, 0.5) is 0 Å². The summed E-state index contributed by atoms with van der Waals surface area (Å²) in [5.41, 5.74) is 14.1. The quantitative estimate of drug-likeness (QED) is 0.198. The van der Waals surface area contributed by atoms with Crippen molar-refractivity contribution < 1.29 is 0 Å². The average Bonchev–Trinajstić information content (AvgIpc) is 3.59. The molecule has 0 bridgehead atoms. The van der Waals surface area contributed by atoms with E-state index in [2.05, 4.69) is 114 Å².